The lowest BCUT2D eigenvalue weighted by Crippen LogP contribution is -2.41. The molecule has 0 radical (unpaired) electrons. The third kappa shape index (κ3) is 3.97. The van der Waals surface area contributed by atoms with Crippen molar-refractivity contribution in [1.82, 2.24) is 19.4 Å². The van der Waals surface area contributed by atoms with Crippen LogP contribution in [0.3, 0.4) is 0 Å². The second-order valence-electron chi connectivity index (χ2n) is 9.87. The highest BCUT2D eigenvalue weighted by molar-refractivity contribution is 5.84. The van der Waals surface area contributed by atoms with Gasteiger partial charge in [0.2, 0.25) is 11.8 Å². The van der Waals surface area contributed by atoms with Crippen LogP contribution in [0.4, 0.5) is 5.95 Å². The monoisotopic (exact) mass is 447 g/mol. The number of anilines is 1. The predicted molar refractivity (Wildman–Crippen MR) is 129 cm³/mol. The van der Waals surface area contributed by atoms with Crippen molar-refractivity contribution in [2.75, 3.05) is 38.2 Å². The molecule has 2 aliphatic heterocycles. The first-order valence-electron chi connectivity index (χ1n) is 12.4. The molecule has 2 fully saturated rings. The van der Waals surface area contributed by atoms with Crippen LogP contribution in [0.1, 0.15) is 42.4 Å². The third-order valence-electron chi connectivity index (χ3n) is 7.91. The molecule has 1 N–H and O–H groups in total. The molecular weight excluding hydrogens is 414 g/mol. The number of hydrogen-bond donors (Lipinski definition) is 1. The molecule has 1 atom stereocenters. The molecule has 1 aliphatic carbocycles. The first-order valence-corrected chi connectivity index (χ1v) is 12.4. The minimum Gasteiger partial charge on any atom is -0.494 e. The van der Waals surface area contributed by atoms with Crippen LogP contribution in [-0.4, -0.2) is 70.0 Å². The first-order chi connectivity index (χ1) is 16.2. The maximum Gasteiger partial charge on any atom is 0.226 e. The second kappa shape index (κ2) is 8.61. The first kappa shape index (κ1) is 20.9. The van der Waals surface area contributed by atoms with E-state index in [2.05, 4.69) is 33.0 Å². The summed E-state index contributed by atoms with van der Waals surface area (Å²) in [7, 11) is 1.75. The number of nitrogens with zero attached hydrogens (tertiary/aromatic N) is 5. The van der Waals surface area contributed by atoms with Gasteiger partial charge in [-0.15, -0.1) is 0 Å². The van der Waals surface area contributed by atoms with E-state index in [1.807, 2.05) is 10.8 Å². The summed E-state index contributed by atoms with van der Waals surface area (Å²) < 4.78 is 7.36. The molecule has 1 aromatic carbocycles. The van der Waals surface area contributed by atoms with Gasteiger partial charge in [0, 0.05) is 51.7 Å². The van der Waals surface area contributed by atoms with Crippen LogP contribution in [0.5, 0.6) is 5.88 Å². The normalized spacial score (nSPS) is 21.8. The van der Waals surface area contributed by atoms with Crippen LogP contribution in [0.2, 0.25) is 0 Å². The molecule has 7 heteroatoms. The van der Waals surface area contributed by atoms with E-state index < -0.39 is 0 Å². The van der Waals surface area contributed by atoms with Gasteiger partial charge in [0.1, 0.15) is 0 Å². The number of aromatic hydroxyl groups is 1. The summed E-state index contributed by atoms with van der Waals surface area (Å²) in [6.45, 7) is 4.68. The molecule has 1 saturated carbocycles. The Bertz CT molecular complexity index is 1160. The number of ether oxygens (including phenoxy) is 1. The highest BCUT2D eigenvalue weighted by Crippen LogP contribution is 2.30. The van der Waals surface area contributed by atoms with E-state index in [1.54, 1.807) is 13.3 Å². The van der Waals surface area contributed by atoms with Crippen molar-refractivity contribution in [1.29, 1.82) is 0 Å². The lowest BCUT2D eigenvalue weighted by atomic mass is 9.91. The van der Waals surface area contributed by atoms with Crippen LogP contribution in [0, 0.1) is 0 Å². The molecule has 1 saturated heterocycles. The van der Waals surface area contributed by atoms with Gasteiger partial charge in [-0.05, 0) is 48.8 Å². The van der Waals surface area contributed by atoms with Crippen LogP contribution in [0.25, 0.3) is 10.9 Å². The summed E-state index contributed by atoms with van der Waals surface area (Å²) in [4.78, 5) is 14.1. The van der Waals surface area contributed by atoms with Gasteiger partial charge in [0.25, 0.3) is 0 Å². The SMILES string of the molecule is COC1CCN(c2ncc3c(O)n(Cc4ccc5c(c4)CCN(C4CCC4)CC5)cc3n2)C1. The predicted octanol–water partition coefficient (Wildman–Crippen LogP) is 3.36. The number of methoxy groups -OCH3 is 1. The van der Waals surface area contributed by atoms with Crippen molar-refractivity contribution in [2.45, 2.75) is 57.2 Å². The maximum atomic E-state index is 10.8. The van der Waals surface area contributed by atoms with Crippen molar-refractivity contribution in [3.05, 3.63) is 47.3 Å². The second-order valence-corrected chi connectivity index (χ2v) is 9.87. The number of benzene rings is 1. The molecular formula is C26H33N5O2. The van der Waals surface area contributed by atoms with E-state index >= 15 is 0 Å². The largest absolute Gasteiger partial charge is 0.494 e. The van der Waals surface area contributed by atoms with Crippen molar-refractivity contribution >= 4 is 16.9 Å². The van der Waals surface area contributed by atoms with Crippen LogP contribution >= 0.6 is 0 Å². The van der Waals surface area contributed by atoms with E-state index in [0.29, 0.717) is 17.9 Å². The van der Waals surface area contributed by atoms with Crippen molar-refractivity contribution in [2.24, 2.45) is 0 Å². The fourth-order valence-corrected chi connectivity index (χ4v) is 5.60. The zero-order valence-corrected chi connectivity index (χ0v) is 19.4. The summed E-state index contributed by atoms with van der Waals surface area (Å²) in [6.07, 6.45) is 11.3. The molecule has 1 unspecified atom stereocenters. The summed E-state index contributed by atoms with van der Waals surface area (Å²) in [5.41, 5.74) is 4.95. The Balaban J connectivity index is 1.20. The highest BCUT2D eigenvalue weighted by Gasteiger charge is 2.27. The average Bonchev–Trinajstić information content (AvgIpc) is 3.33. The Morgan fingerprint density at radius 3 is 2.70 bits per heavy atom. The zero-order valence-electron chi connectivity index (χ0n) is 19.4. The van der Waals surface area contributed by atoms with Gasteiger partial charge >= 0.3 is 0 Å². The molecule has 7 nitrogen and oxygen atoms in total. The smallest absolute Gasteiger partial charge is 0.226 e. The Morgan fingerprint density at radius 1 is 1.09 bits per heavy atom. The molecule has 3 aliphatic rings. The van der Waals surface area contributed by atoms with Gasteiger partial charge in [-0.2, -0.15) is 0 Å². The highest BCUT2D eigenvalue weighted by atomic mass is 16.5. The zero-order chi connectivity index (χ0) is 22.4. The topological polar surface area (TPSA) is 66.7 Å². The lowest BCUT2D eigenvalue weighted by Gasteiger charge is -2.36. The number of rotatable bonds is 5. The Labute approximate surface area is 195 Å². The standard InChI is InChI=1S/C26H33N5O2/c1-33-22-9-12-30(16-22)26-27-14-23-24(28-26)17-31(25(23)32)15-18-5-6-19-7-10-29(21-3-2-4-21)11-8-20(19)13-18/h5-6,13-14,17,21-22,32H,2-4,7-12,15-16H2,1H3. The molecule has 4 heterocycles. The molecule has 2 aromatic heterocycles. The van der Waals surface area contributed by atoms with Gasteiger partial charge < -0.3 is 19.3 Å². The van der Waals surface area contributed by atoms with E-state index in [4.69, 9.17) is 9.72 Å². The molecule has 0 bridgehead atoms. The van der Waals surface area contributed by atoms with Gasteiger partial charge in [-0.1, -0.05) is 24.6 Å². The van der Waals surface area contributed by atoms with Crippen molar-refractivity contribution < 1.29 is 9.84 Å². The summed E-state index contributed by atoms with van der Waals surface area (Å²) in [5, 5.41) is 11.5. The van der Waals surface area contributed by atoms with Crippen molar-refractivity contribution in [3.63, 3.8) is 0 Å². The molecule has 3 aromatic rings. The molecule has 6 rings (SSSR count). The van der Waals surface area contributed by atoms with E-state index in [1.165, 1.54) is 49.0 Å². The molecule has 174 valence electrons. The minimum absolute atomic E-state index is 0.233. The Morgan fingerprint density at radius 2 is 1.94 bits per heavy atom. The fraction of sp³-hybridized carbons (Fsp3) is 0.538. The van der Waals surface area contributed by atoms with Gasteiger partial charge in [-0.3, -0.25) is 4.90 Å². The van der Waals surface area contributed by atoms with Crippen LogP contribution in [0.15, 0.2) is 30.6 Å². The number of hydrogen-bond acceptors (Lipinski definition) is 6. The quantitative estimate of drug-likeness (QED) is 0.647. The fourth-order valence-electron chi connectivity index (χ4n) is 5.60. The van der Waals surface area contributed by atoms with Gasteiger partial charge in [-0.25, -0.2) is 9.97 Å². The molecule has 33 heavy (non-hydrogen) atoms. The minimum atomic E-state index is 0.233. The van der Waals surface area contributed by atoms with Gasteiger partial charge in [0.05, 0.1) is 23.6 Å². The Hall–Kier alpha value is -2.64. The van der Waals surface area contributed by atoms with Crippen LogP contribution in [-0.2, 0) is 24.1 Å². The van der Waals surface area contributed by atoms with Crippen molar-refractivity contribution in [3.8, 4) is 5.88 Å². The average molecular weight is 448 g/mol. The summed E-state index contributed by atoms with van der Waals surface area (Å²) >= 11 is 0. The number of fused-ring (bicyclic) bond motifs is 2. The molecule has 0 spiro atoms. The van der Waals surface area contributed by atoms with E-state index in [9.17, 15) is 5.11 Å². The molecule has 0 amide bonds. The number of aromatic nitrogens is 3. The summed E-state index contributed by atoms with van der Waals surface area (Å²) in [6, 6.07) is 7.67. The lowest BCUT2D eigenvalue weighted by molar-refractivity contribution is 0.121. The summed E-state index contributed by atoms with van der Waals surface area (Å²) in [5.74, 6) is 0.944. The van der Waals surface area contributed by atoms with E-state index in [-0.39, 0.29) is 12.0 Å². The van der Waals surface area contributed by atoms with Crippen LogP contribution < -0.4 is 4.90 Å². The Kier molecular flexibility index (Phi) is 5.46. The maximum absolute atomic E-state index is 10.8. The van der Waals surface area contributed by atoms with E-state index in [0.717, 1.165) is 43.9 Å². The van der Waals surface area contributed by atoms with Gasteiger partial charge in [0.15, 0.2) is 0 Å². The third-order valence-corrected chi connectivity index (χ3v) is 7.91.